The van der Waals surface area contributed by atoms with Gasteiger partial charge in [-0.1, -0.05) is 6.07 Å². The van der Waals surface area contributed by atoms with Crippen LogP contribution in [0, 0.1) is 0 Å². The van der Waals surface area contributed by atoms with Crippen LogP contribution in [0.4, 0.5) is 0 Å². The number of rotatable bonds is 2. The summed E-state index contributed by atoms with van der Waals surface area (Å²) in [5.74, 6) is 1.57. The minimum atomic E-state index is 0.621. The highest BCUT2D eigenvalue weighted by Gasteiger charge is 2.19. The normalized spacial score (nSPS) is 14.0. The van der Waals surface area contributed by atoms with Crippen molar-refractivity contribution >= 4 is 0 Å². The van der Waals surface area contributed by atoms with Crippen molar-refractivity contribution in [2.45, 2.75) is 13.2 Å². The van der Waals surface area contributed by atoms with Gasteiger partial charge < -0.3 is 14.2 Å². The van der Waals surface area contributed by atoms with Gasteiger partial charge in [-0.25, -0.2) is 0 Å². The molecule has 0 amide bonds. The summed E-state index contributed by atoms with van der Waals surface area (Å²) in [5, 5.41) is 0. The number of ether oxygens (including phenoxy) is 3. The summed E-state index contributed by atoms with van der Waals surface area (Å²) in [6.07, 6.45) is 0. The first-order valence-electron chi connectivity index (χ1n) is 4.17. The van der Waals surface area contributed by atoms with Gasteiger partial charge in [0.15, 0.2) is 11.5 Å². The standard InChI is InChI=1S/C10H12O3/c1-11-9-4-3-7-5-13-6-8(7)10(9)12-2/h3-4H,5-6H2,1-2H3. The van der Waals surface area contributed by atoms with E-state index in [4.69, 9.17) is 14.2 Å². The van der Waals surface area contributed by atoms with Crippen molar-refractivity contribution < 1.29 is 14.2 Å². The third-order valence-corrected chi connectivity index (χ3v) is 2.25. The minimum Gasteiger partial charge on any atom is -0.493 e. The van der Waals surface area contributed by atoms with E-state index in [0.29, 0.717) is 13.2 Å². The lowest BCUT2D eigenvalue weighted by Crippen LogP contribution is -1.95. The van der Waals surface area contributed by atoms with Gasteiger partial charge in [0, 0.05) is 5.56 Å². The fourth-order valence-corrected chi connectivity index (χ4v) is 1.59. The molecule has 0 aliphatic carbocycles. The van der Waals surface area contributed by atoms with Crippen molar-refractivity contribution in [2.24, 2.45) is 0 Å². The van der Waals surface area contributed by atoms with E-state index in [1.165, 1.54) is 5.56 Å². The van der Waals surface area contributed by atoms with E-state index >= 15 is 0 Å². The Labute approximate surface area is 77.2 Å². The van der Waals surface area contributed by atoms with Gasteiger partial charge >= 0.3 is 0 Å². The second-order valence-corrected chi connectivity index (χ2v) is 2.93. The summed E-state index contributed by atoms with van der Waals surface area (Å²) in [6, 6.07) is 3.93. The first-order valence-corrected chi connectivity index (χ1v) is 4.17. The molecule has 2 rings (SSSR count). The SMILES string of the molecule is COc1ccc2c(c1OC)COC2. The Kier molecular flexibility index (Phi) is 2.10. The van der Waals surface area contributed by atoms with Crippen molar-refractivity contribution in [3.05, 3.63) is 23.3 Å². The van der Waals surface area contributed by atoms with Crippen molar-refractivity contribution in [2.75, 3.05) is 14.2 Å². The molecule has 0 saturated carbocycles. The summed E-state index contributed by atoms with van der Waals surface area (Å²) in [5.41, 5.74) is 2.31. The molecular formula is C10H12O3. The van der Waals surface area contributed by atoms with Gasteiger partial charge in [0.05, 0.1) is 27.4 Å². The molecule has 0 saturated heterocycles. The monoisotopic (exact) mass is 180 g/mol. The molecular weight excluding hydrogens is 168 g/mol. The van der Waals surface area contributed by atoms with Crippen LogP contribution in [0.25, 0.3) is 0 Å². The summed E-state index contributed by atoms with van der Waals surface area (Å²) in [4.78, 5) is 0. The lowest BCUT2D eigenvalue weighted by atomic mass is 10.1. The van der Waals surface area contributed by atoms with Crippen LogP contribution in [-0.2, 0) is 18.0 Å². The molecule has 0 N–H and O–H groups in total. The topological polar surface area (TPSA) is 27.7 Å². The van der Waals surface area contributed by atoms with Gasteiger partial charge in [-0.15, -0.1) is 0 Å². The predicted molar refractivity (Wildman–Crippen MR) is 48.0 cm³/mol. The Bertz CT molecular complexity index is 320. The van der Waals surface area contributed by atoms with E-state index in [2.05, 4.69) is 0 Å². The van der Waals surface area contributed by atoms with Gasteiger partial charge in [-0.05, 0) is 11.6 Å². The van der Waals surface area contributed by atoms with Crippen molar-refractivity contribution in [1.29, 1.82) is 0 Å². The first kappa shape index (κ1) is 8.38. The molecule has 1 aromatic rings. The van der Waals surface area contributed by atoms with Gasteiger partial charge in [0.2, 0.25) is 0 Å². The molecule has 1 heterocycles. The third kappa shape index (κ3) is 1.25. The van der Waals surface area contributed by atoms with Gasteiger partial charge in [-0.2, -0.15) is 0 Å². The van der Waals surface area contributed by atoms with Crippen LogP contribution in [0.15, 0.2) is 12.1 Å². The van der Waals surface area contributed by atoms with Crippen LogP contribution in [0.3, 0.4) is 0 Å². The molecule has 70 valence electrons. The van der Waals surface area contributed by atoms with Crippen molar-refractivity contribution in [3.63, 3.8) is 0 Å². The van der Waals surface area contributed by atoms with E-state index in [9.17, 15) is 0 Å². The fourth-order valence-electron chi connectivity index (χ4n) is 1.59. The molecule has 0 radical (unpaired) electrons. The predicted octanol–water partition coefficient (Wildman–Crippen LogP) is 1.73. The fraction of sp³-hybridized carbons (Fsp3) is 0.400. The molecule has 0 aromatic heterocycles. The molecule has 0 spiro atoms. The van der Waals surface area contributed by atoms with Gasteiger partial charge in [0.25, 0.3) is 0 Å². The Hall–Kier alpha value is -1.22. The Morgan fingerprint density at radius 3 is 2.69 bits per heavy atom. The average molecular weight is 180 g/mol. The number of hydrogen-bond donors (Lipinski definition) is 0. The highest BCUT2D eigenvalue weighted by atomic mass is 16.5. The molecule has 0 bridgehead atoms. The summed E-state index contributed by atoms with van der Waals surface area (Å²) >= 11 is 0. The van der Waals surface area contributed by atoms with E-state index in [1.807, 2.05) is 12.1 Å². The zero-order chi connectivity index (χ0) is 9.26. The molecule has 1 aromatic carbocycles. The zero-order valence-corrected chi connectivity index (χ0v) is 7.79. The molecule has 3 nitrogen and oxygen atoms in total. The maximum Gasteiger partial charge on any atom is 0.166 e. The second-order valence-electron chi connectivity index (χ2n) is 2.93. The van der Waals surface area contributed by atoms with E-state index in [-0.39, 0.29) is 0 Å². The molecule has 13 heavy (non-hydrogen) atoms. The highest BCUT2D eigenvalue weighted by Crippen LogP contribution is 2.36. The van der Waals surface area contributed by atoms with Crippen LogP contribution >= 0.6 is 0 Å². The number of hydrogen-bond acceptors (Lipinski definition) is 3. The summed E-state index contributed by atoms with van der Waals surface area (Å²) < 4.78 is 15.8. The van der Waals surface area contributed by atoms with Crippen LogP contribution in [0.5, 0.6) is 11.5 Å². The van der Waals surface area contributed by atoms with Gasteiger partial charge in [-0.3, -0.25) is 0 Å². The molecule has 0 atom stereocenters. The maximum atomic E-state index is 5.32. The Morgan fingerprint density at radius 2 is 2.00 bits per heavy atom. The molecule has 3 heteroatoms. The number of benzene rings is 1. The van der Waals surface area contributed by atoms with Crippen LogP contribution in [-0.4, -0.2) is 14.2 Å². The molecule has 0 unspecified atom stereocenters. The average Bonchev–Trinajstić information content (AvgIpc) is 2.63. The third-order valence-electron chi connectivity index (χ3n) is 2.25. The first-order chi connectivity index (χ1) is 6.36. The second kappa shape index (κ2) is 3.26. The summed E-state index contributed by atoms with van der Waals surface area (Å²) in [6.45, 7) is 1.30. The highest BCUT2D eigenvalue weighted by molar-refractivity contribution is 5.51. The molecule has 0 fully saturated rings. The Morgan fingerprint density at radius 1 is 1.15 bits per heavy atom. The number of methoxy groups -OCH3 is 2. The van der Waals surface area contributed by atoms with Crippen molar-refractivity contribution in [1.82, 2.24) is 0 Å². The van der Waals surface area contributed by atoms with E-state index in [1.54, 1.807) is 14.2 Å². The number of fused-ring (bicyclic) bond motifs is 1. The maximum absolute atomic E-state index is 5.32. The quantitative estimate of drug-likeness (QED) is 0.693. The lowest BCUT2D eigenvalue weighted by Gasteiger charge is -2.10. The molecule has 1 aliphatic rings. The van der Waals surface area contributed by atoms with Crippen LogP contribution in [0.2, 0.25) is 0 Å². The van der Waals surface area contributed by atoms with Gasteiger partial charge in [0.1, 0.15) is 0 Å². The lowest BCUT2D eigenvalue weighted by molar-refractivity contribution is 0.133. The minimum absolute atomic E-state index is 0.621. The van der Waals surface area contributed by atoms with E-state index in [0.717, 1.165) is 17.1 Å². The smallest absolute Gasteiger partial charge is 0.166 e. The van der Waals surface area contributed by atoms with E-state index < -0.39 is 0 Å². The van der Waals surface area contributed by atoms with Crippen LogP contribution in [0.1, 0.15) is 11.1 Å². The zero-order valence-electron chi connectivity index (χ0n) is 7.79. The Balaban J connectivity index is 2.53. The largest absolute Gasteiger partial charge is 0.493 e. The van der Waals surface area contributed by atoms with Crippen molar-refractivity contribution in [3.8, 4) is 11.5 Å². The van der Waals surface area contributed by atoms with Crippen LogP contribution < -0.4 is 9.47 Å². The molecule has 1 aliphatic heterocycles. The summed E-state index contributed by atoms with van der Waals surface area (Å²) in [7, 11) is 3.29.